The highest BCUT2D eigenvalue weighted by Gasteiger charge is 1.88. The highest BCUT2D eigenvalue weighted by Crippen LogP contribution is 2.04. The summed E-state index contributed by atoms with van der Waals surface area (Å²) in [7, 11) is 0. The molecule has 1 nitrogen and oxygen atoms in total. The SMILES string of the molecule is Fc1cc(Cl)[c]cn1. The Morgan fingerprint density at radius 1 is 1.75 bits per heavy atom. The number of nitrogens with zero attached hydrogens (tertiary/aromatic N) is 1. The standard InChI is InChI=1S/C5H2ClFN/c6-4-1-2-8-5(7)3-4/h2-3H. The average Bonchev–Trinajstić information content (AvgIpc) is 1.64. The Bertz CT molecular complexity index is 172. The van der Waals surface area contributed by atoms with Crippen LogP contribution in [-0.4, -0.2) is 4.98 Å². The van der Waals surface area contributed by atoms with E-state index in [1.165, 1.54) is 6.20 Å². The van der Waals surface area contributed by atoms with Crippen molar-refractivity contribution in [2.75, 3.05) is 0 Å². The number of rotatable bonds is 0. The van der Waals surface area contributed by atoms with Gasteiger partial charge in [-0.3, -0.25) is 0 Å². The second kappa shape index (κ2) is 2.09. The normalized spacial score (nSPS) is 9.25. The third-order valence-electron chi connectivity index (χ3n) is 0.636. The van der Waals surface area contributed by atoms with E-state index >= 15 is 0 Å². The summed E-state index contributed by atoms with van der Waals surface area (Å²) >= 11 is 5.31. The van der Waals surface area contributed by atoms with Crippen LogP contribution in [0.5, 0.6) is 0 Å². The van der Waals surface area contributed by atoms with E-state index in [2.05, 4.69) is 11.1 Å². The van der Waals surface area contributed by atoms with Crippen LogP contribution < -0.4 is 0 Å². The Hall–Kier alpha value is -0.630. The summed E-state index contributed by atoms with van der Waals surface area (Å²) in [6, 6.07) is 3.59. The maximum absolute atomic E-state index is 12.0. The van der Waals surface area contributed by atoms with Gasteiger partial charge < -0.3 is 0 Å². The van der Waals surface area contributed by atoms with Crippen molar-refractivity contribution in [1.29, 1.82) is 0 Å². The van der Waals surface area contributed by atoms with E-state index in [1.807, 2.05) is 0 Å². The van der Waals surface area contributed by atoms with Crippen LogP contribution >= 0.6 is 11.6 Å². The summed E-state index contributed by atoms with van der Waals surface area (Å²) in [6.07, 6.45) is 1.19. The van der Waals surface area contributed by atoms with E-state index in [0.717, 1.165) is 6.07 Å². The number of pyridine rings is 1. The zero-order valence-corrected chi connectivity index (χ0v) is 4.61. The molecule has 0 fully saturated rings. The molecule has 0 aliphatic carbocycles. The number of hydrogen-bond acceptors (Lipinski definition) is 1. The van der Waals surface area contributed by atoms with E-state index in [4.69, 9.17) is 11.6 Å². The van der Waals surface area contributed by atoms with E-state index < -0.39 is 5.95 Å². The highest BCUT2D eigenvalue weighted by atomic mass is 35.5. The maximum atomic E-state index is 12.0. The topological polar surface area (TPSA) is 12.9 Å². The lowest BCUT2D eigenvalue weighted by Gasteiger charge is -1.83. The van der Waals surface area contributed by atoms with Crippen LogP contribution in [-0.2, 0) is 0 Å². The molecule has 3 heteroatoms. The molecule has 0 saturated heterocycles. The van der Waals surface area contributed by atoms with Crippen molar-refractivity contribution in [1.82, 2.24) is 4.98 Å². The molecular formula is C5H2ClFN. The monoisotopic (exact) mass is 130 g/mol. The summed E-state index contributed by atoms with van der Waals surface area (Å²) in [6.45, 7) is 0. The summed E-state index contributed by atoms with van der Waals surface area (Å²) < 4.78 is 12.0. The van der Waals surface area contributed by atoms with Crippen molar-refractivity contribution in [3.63, 3.8) is 0 Å². The lowest BCUT2D eigenvalue weighted by atomic mass is 10.5. The van der Waals surface area contributed by atoms with Gasteiger partial charge in [0.1, 0.15) is 0 Å². The fourth-order valence-electron chi connectivity index (χ4n) is 0.339. The van der Waals surface area contributed by atoms with Crippen molar-refractivity contribution in [3.05, 3.63) is 29.3 Å². The molecule has 1 radical (unpaired) electrons. The highest BCUT2D eigenvalue weighted by molar-refractivity contribution is 6.30. The Morgan fingerprint density at radius 3 is 2.88 bits per heavy atom. The third-order valence-corrected chi connectivity index (χ3v) is 0.854. The first kappa shape index (κ1) is 5.51. The van der Waals surface area contributed by atoms with Crippen molar-refractivity contribution in [2.24, 2.45) is 0 Å². The molecule has 1 aromatic heterocycles. The Labute approximate surface area is 51.1 Å². The van der Waals surface area contributed by atoms with Crippen molar-refractivity contribution >= 4 is 11.6 Å². The maximum Gasteiger partial charge on any atom is 0.214 e. The molecule has 0 saturated carbocycles. The Kier molecular flexibility index (Phi) is 1.44. The number of hydrogen-bond donors (Lipinski definition) is 0. The van der Waals surface area contributed by atoms with Gasteiger partial charge in [0.15, 0.2) is 0 Å². The quantitative estimate of drug-likeness (QED) is 0.487. The fraction of sp³-hybridized carbons (Fsp3) is 0. The molecule has 0 aromatic carbocycles. The first-order chi connectivity index (χ1) is 3.79. The van der Waals surface area contributed by atoms with Gasteiger partial charge in [0.05, 0.1) is 5.02 Å². The van der Waals surface area contributed by atoms with E-state index in [1.54, 1.807) is 0 Å². The van der Waals surface area contributed by atoms with Crippen LogP contribution in [0.2, 0.25) is 5.02 Å². The molecule has 1 heterocycles. The molecule has 41 valence electrons. The Balaban J connectivity index is 3.08. The molecule has 0 bridgehead atoms. The van der Waals surface area contributed by atoms with Crippen LogP contribution in [0.4, 0.5) is 4.39 Å². The first-order valence-corrected chi connectivity index (χ1v) is 2.35. The van der Waals surface area contributed by atoms with Gasteiger partial charge in [0.25, 0.3) is 0 Å². The molecule has 0 unspecified atom stereocenters. The van der Waals surface area contributed by atoms with Gasteiger partial charge in [0, 0.05) is 18.3 Å². The zero-order valence-electron chi connectivity index (χ0n) is 3.86. The predicted molar refractivity (Wildman–Crippen MR) is 28.0 cm³/mol. The van der Waals surface area contributed by atoms with Crippen LogP contribution in [0, 0.1) is 12.0 Å². The minimum Gasteiger partial charge on any atom is -0.228 e. The predicted octanol–water partition coefficient (Wildman–Crippen LogP) is 1.67. The van der Waals surface area contributed by atoms with Gasteiger partial charge in [-0.2, -0.15) is 4.39 Å². The molecule has 0 aliphatic heterocycles. The van der Waals surface area contributed by atoms with Gasteiger partial charge in [-0.1, -0.05) is 11.6 Å². The van der Waals surface area contributed by atoms with Gasteiger partial charge >= 0.3 is 0 Å². The Morgan fingerprint density at radius 2 is 2.50 bits per heavy atom. The van der Waals surface area contributed by atoms with Crippen LogP contribution in [0.15, 0.2) is 12.3 Å². The molecule has 0 aliphatic rings. The molecule has 0 N–H and O–H groups in total. The smallest absolute Gasteiger partial charge is 0.214 e. The van der Waals surface area contributed by atoms with Crippen LogP contribution in [0.1, 0.15) is 0 Å². The van der Waals surface area contributed by atoms with Crippen LogP contribution in [0.25, 0.3) is 0 Å². The van der Waals surface area contributed by atoms with Gasteiger partial charge in [-0.05, 0) is 0 Å². The minimum absolute atomic E-state index is 0.248. The first-order valence-electron chi connectivity index (χ1n) is 1.98. The molecule has 1 aromatic rings. The van der Waals surface area contributed by atoms with Crippen molar-refractivity contribution < 1.29 is 4.39 Å². The molecule has 1 rings (SSSR count). The molecule has 8 heavy (non-hydrogen) atoms. The summed E-state index contributed by atoms with van der Waals surface area (Å²) in [5.74, 6) is -0.575. The average molecular weight is 131 g/mol. The fourth-order valence-corrected chi connectivity index (χ4v) is 0.478. The summed E-state index contributed by atoms with van der Waals surface area (Å²) in [5, 5.41) is 0.248. The van der Waals surface area contributed by atoms with E-state index in [9.17, 15) is 4.39 Å². The molecule has 0 spiro atoms. The minimum atomic E-state index is -0.575. The van der Waals surface area contributed by atoms with Crippen LogP contribution in [0.3, 0.4) is 0 Å². The van der Waals surface area contributed by atoms with Crippen molar-refractivity contribution in [2.45, 2.75) is 0 Å². The third kappa shape index (κ3) is 1.17. The van der Waals surface area contributed by atoms with Gasteiger partial charge in [0.2, 0.25) is 5.95 Å². The second-order valence-corrected chi connectivity index (χ2v) is 1.62. The largest absolute Gasteiger partial charge is 0.228 e. The lowest BCUT2D eigenvalue weighted by Crippen LogP contribution is -1.77. The van der Waals surface area contributed by atoms with E-state index in [0.29, 0.717) is 0 Å². The number of aromatic nitrogens is 1. The molecule has 0 atom stereocenters. The summed E-state index contributed by atoms with van der Waals surface area (Å²) in [4.78, 5) is 3.23. The molecular weight excluding hydrogens is 129 g/mol. The second-order valence-electron chi connectivity index (χ2n) is 1.22. The zero-order chi connectivity index (χ0) is 5.98. The number of halogens is 2. The molecule has 0 amide bonds. The van der Waals surface area contributed by atoms with Gasteiger partial charge in [-0.15, -0.1) is 0 Å². The van der Waals surface area contributed by atoms with Gasteiger partial charge in [-0.25, -0.2) is 4.98 Å². The summed E-state index contributed by atoms with van der Waals surface area (Å²) in [5.41, 5.74) is 0. The lowest BCUT2D eigenvalue weighted by molar-refractivity contribution is 0.583. The van der Waals surface area contributed by atoms with E-state index in [-0.39, 0.29) is 5.02 Å². The van der Waals surface area contributed by atoms with Crippen molar-refractivity contribution in [3.8, 4) is 0 Å².